The molecule has 1 heterocycles. The average molecular weight is 421 g/mol. The lowest BCUT2D eigenvalue weighted by Gasteiger charge is -2.07. The summed E-state index contributed by atoms with van der Waals surface area (Å²) in [5, 5.41) is 0. The summed E-state index contributed by atoms with van der Waals surface area (Å²) in [6.45, 7) is 2.64. The van der Waals surface area contributed by atoms with Gasteiger partial charge in [-0.25, -0.2) is 4.98 Å². The highest BCUT2D eigenvalue weighted by atomic mass is 79.9. The first-order chi connectivity index (χ1) is 12.4. The van der Waals surface area contributed by atoms with Crippen LogP contribution in [0.2, 0.25) is 0 Å². The van der Waals surface area contributed by atoms with Gasteiger partial charge < -0.3 is 4.57 Å². The Morgan fingerprint density at radius 3 is 2.46 bits per heavy atom. The van der Waals surface area contributed by atoms with E-state index in [9.17, 15) is 13.2 Å². The van der Waals surface area contributed by atoms with Crippen molar-refractivity contribution in [2.24, 2.45) is 0 Å². The van der Waals surface area contributed by atoms with Crippen molar-refractivity contribution in [1.82, 2.24) is 9.55 Å². The molecule has 0 bridgehead atoms. The third-order valence-electron chi connectivity index (χ3n) is 3.93. The SMILES string of the molecule is CCn1cc(-c2cccc(C(F)(F)F)c2)nc1C=Cc1ccc(Br)cc1. The molecule has 0 atom stereocenters. The number of benzene rings is 2. The Balaban J connectivity index is 1.93. The molecule has 2 nitrogen and oxygen atoms in total. The lowest BCUT2D eigenvalue weighted by Crippen LogP contribution is -2.04. The number of alkyl halides is 3. The summed E-state index contributed by atoms with van der Waals surface area (Å²) < 4.78 is 41.7. The Labute approximate surface area is 158 Å². The molecule has 0 saturated heterocycles. The van der Waals surface area contributed by atoms with Crippen molar-refractivity contribution in [3.05, 3.63) is 76.2 Å². The number of rotatable bonds is 4. The number of halogens is 4. The van der Waals surface area contributed by atoms with Gasteiger partial charge >= 0.3 is 6.18 Å². The molecule has 0 fully saturated rings. The second-order valence-electron chi connectivity index (χ2n) is 5.73. The van der Waals surface area contributed by atoms with E-state index < -0.39 is 11.7 Å². The van der Waals surface area contributed by atoms with Crippen LogP contribution < -0.4 is 0 Å². The molecule has 2 aromatic carbocycles. The van der Waals surface area contributed by atoms with Gasteiger partial charge in [-0.15, -0.1) is 0 Å². The third-order valence-corrected chi connectivity index (χ3v) is 4.46. The van der Waals surface area contributed by atoms with Gasteiger partial charge in [0.1, 0.15) is 5.82 Å². The standard InChI is InChI=1S/C20H16BrF3N2/c1-2-26-13-18(15-4-3-5-16(12-15)20(22,23)24)25-19(26)11-8-14-6-9-17(21)10-7-14/h3-13H,2H2,1H3. The fraction of sp³-hybridized carbons (Fsp3) is 0.150. The second kappa shape index (κ2) is 7.50. The monoisotopic (exact) mass is 420 g/mol. The molecule has 134 valence electrons. The first-order valence-corrected chi connectivity index (χ1v) is 8.84. The number of aromatic nitrogens is 2. The number of hydrogen-bond acceptors (Lipinski definition) is 1. The Bertz CT molecular complexity index is 925. The Morgan fingerprint density at radius 1 is 1.08 bits per heavy atom. The minimum atomic E-state index is -4.37. The molecule has 0 spiro atoms. The van der Waals surface area contributed by atoms with E-state index in [1.165, 1.54) is 6.07 Å². The molecular formula is C20H16BrF3N2. The van der Waals surface area contributed by atoms with Crippen molar-refractivity contribution in [2.75, 3.05) is 0 Å². The Hall–Kier alpha value is -2.34. The summed E-state index contributed by atoms with van der Waals surface area (Å²) in [5.41, 5.74) is 1.31. The fourth-order valence-corrected chi connectivity index (χ4v) is 2.82. The molecule has 0 unspecified atom stereocenters. The number of nitrogens with zero attached hydrogens (tertiary/aromatic N) is 2. The molecule has 0 radical (unpaired) electrons. The molecule has 0 saturated carbocycles. The molecule has 3 aromatic rings. The maximum absolute atomic E-state index is 12.9. The molecule has 0 amide bonds. The molecule has 0 aliphatic carbocycles. The second-order valence-corrected chi connectivity index (χ2v) is 6.65. The van der Waals surface area contributed by atoms with Crippen LogP contribution in [0.1, 0.15) is 23.9 Å². The topological polar surface area (TPSA) is 17.8 Å². The van der Waals surface area contributed by atoms with E-state index in [0.29, 0.717) is 23.6 Å². The van der Waals surface area contributed by atoms with Crippen molar-refractivity contribution >= 4 is 28.1 Å². The highest BCUT2D eigenvalue weighted by Gasteiger charge is 2.30. The predicted octanol–water partition coefficient (Wildman–Crippen LogP) is 6.52. The van der Waals surface area contributed by atoms with Crippen LogP contribution in [-0.4, -0.2) is 9.55 Å². The van der Waals surface area contributed by atoms with Gasteiger partial charge in [0.15, 0.2) is 0 Å². The van der Waals surface area contributed by atoms with E-state index in [2.05, 4.69) is 20.9 Å². The molecule has 0 aliphatic heterocycles. The summed E-state index contributed by atoms with van der Waals surface area (Å²) in [5.74, 6) is 0.697. The molecule has 0 N–H and O–H groups in total. The maximum atomic E-state index is 12.9. The van der Waals surface area contributed by atoms with Crippen LogP contribution in [0.25, 0.3) is 23.4 Å². The summed E-state index contributed by atoms with van der Waals surface area (Å²) >= 11 is 3.39. The lowest BCUT2D eigenvalue weighted by molar-refractivity contribution is -0.137. The van der Waals surface area contributed by atoms with Gasteiger partial charge in [0, 0.05) is 22.8 Å². The van der Waals surface area contributed by atoms with Gasteiger partial charge in [0.05, 0.1) is 11.3 Å². The number of hydrogen-bond donors (Lipinski definition) is 0. The minimum Gasteiger partial charge on any atom is -0.331 e. The largest absolute Gasteiger partial charge is 0.416 e. The van der Waals surface area contributed by atoms with Crippen molar-refractivity contribution in [2.45, 2.75) is 19.6 Å². The molecule has 1 aromatic heterocycles. The molecule has 6 heteroatoms. The van der Waals surface area contributed by atoms with E-state index in [1.807, 2.05) is 47.9 Å². The molecule has 26 heavy (non-hydrogen) atoms. The van der Waals surface area contributed by atoms with E-state index in [4.69, 9.17) is 0 Å². The zero-order chi connectivity index (χ0) is 18.7. The van der Waals surface area contributed by atoms with Crippen molar-refractivity contribution in [1.29, 1.82) is 0 Å². The summed E-state index contributed by atoms with van der Waals surface area (Å²) in [6.07, 6.45) is 1.20. The van der Waals surface area contributed by atoms with Gasteiger partial charge in [-0.05, 0) is 42.8 Å². The summed E-state index contributed by atoms with van der Waals surface area (Å²) in [6, 6.07) is 13.1. The fourth-order valence-electron chi connectivity index (χ4n) is 2.56. The number of imidazole rings is 1. The van der Waals surface area contributed by atoms with Gasteiger partial charge in [-0.1, -0.05) is 46.3 Å². The van der Waals surface area contributed by atoms with E-state index >= 15 is 0 Å². The quantitative estimate of drug-likeness (QED) is 0.469. The number of aryl methyl sites for hydroxylation is 1. The first-order valence-electron chi connectivity index (χ1n) is 8.05. The van der Waals surface area contributed by atoms with Gasteiger partial charge in [-0.2, -0.15) is 13.2 Å². The van der Waals surface area contributed by atoms with E-state index in [1.54, 1.807) is 12.3 Å². The maximum Gasteiger partial charge on any atom is 0.416 e. The zero-order valence-electron chi connectivity index (χ0n) is 14.0. The third kappa shape index (κ3) is 4.25. The van der Waals surface area contributed by atoms with Crippen LogP contribution in [-0.2, 0) is 12.7 Å². The minimum absolute atomic E-state index is 0.449. The van der Waals surface area contributed by atoms with Gasteiger partial charge in [0.25, 0.3) is 0 Å². The van der Waals surface area contributed by atoms with Crippen LogP contribution in [0.3, 0.4) is 0 Å². The Kier molecular flexibility index (Phi) is 5.32. The van der Waals surface area contributed by atoms with E-state index in [0.717, 1.165) is 22.2 Å². The highest BCUT2D eigenvalue weighted by molar-refractivity contribution is 9.10. The van der Waals surface area contributed by atoms with Crippen LogP contribution in [0.5, 0.6) is 0 Å². The molecule has 0 aliphatic rings. The van der Waals surface area contributed by atoms with Crippen molar-refractivity contribution < 1.29 is 13.2 Å². The van der Waals surface area contributed by atoms with Crippen LogP contribution in [0.4, 0.5) is 13.2 Å². The zero-order valence-corrected chi connectivity index (χ0v) is 15.6. The predicted molar refractivity (Wildman–Crippen MR) is 101 cm³/mol. The average Bonchev–Trinajstić information content (AvgIpc) is 3.04. The summed E-state index contributed by atoms with van der Waals surface area (Å²) in [4.78, 5) is 4.51. The molecule has 3 rings (SSSR count). The summed E-state index contributed by atoms with van der Waals surface area (Å²) in [7, 11) is 0. The van der Waals surface area contributed by atoms with Crippen molar-refractivity contribution in [3.8, 4) is 11.3 Å². The van der Waals surface area contributed by atoms with Crippen LogP contribution in [0.15, 0.2) is 59.2 Å². The van der Waals surface area contributed by atoms with Crippen LogP contribution >= 0.6 is 15.9 Å². The molecular weight excluding hydrogens is 405 g/mol. The van der Waals surface area contributed by atoms with E-state index in [-0.39, 0.29) is 0 Å². The highest BCUT2D eigenvalue weighted by Crippen LogP contribution is 2.32. The Morgan fingerprint density at radius 2 is 1.81 bits per heavy atom. The van der Waals surface area contributed by atoms with Crippen LogP contribution in [0, 0.1) is 0 Å². The van der Waals surface area contributed by atoms with Crippen molar-refractivity contribution in [3.63, 3.8) is 0 Å². The smallest absolute Gasteiger partial charge is 0.331 e. The van der Waals surface area contributed by atoms with Gasteiger partial charge in [-0.3, -0.25) is 0 Å². The lowest BCUT2D eigenvalue weighted by atomic mass is 10.1. The normalized spacial score (nSPS) is 12.0. The first kappa shape index (κ1) is 18.5. The van der Waals surface area contributed by atoms with Gasteiger partial charge in [0.2, 0.25) is 0 Å².